The van der Waals surface area contributed by atoms with Gasteiger partial charge < -0.3 is 20.3 Å². The van der Waals surface area contributed by atoms with Gasteiger partial charge in [-0.1, -0.05) is 0 Å². The average Bonchev–Trinajstić information content (AvgIpc) is 3.22. The van der Waals surface area contributed by atoms with Gasteiger partial charge in [0.05, 0.1) is 5.69 Å². The summed E-state index contributed by atoms with van der Waals surface area (Å²) >= 11 is 0. The van der Waals surface area contributed by atoms with Gasteiger partial charge in [-0.25, -0.2) is 14.2 Å². The van der Waals surface area contributed by atoms with Crippen LogP contribution in [0.1, 0.15) is 12.8 Å². The van der Waals surface area contributed by atoms with Crippen LogP contribution in [0.4, 0.5) is 20.7 Å². The van der Waals surface area contributed by atoms with Crippen LogP contribution in [0.2, 0.25) is 0 Å². The molecule has 1 aromatic carbocycles. The standard InChI is InChI=1S/C21H26FN5O2/c1-26-11-13-7-15(8-14(13)12-26)27(2)21(28)25-20-10-17(5-6-24-20)29-16-3-4-19(23)18(22)9-16/h3-6,9-10,13-15H,7-8,11-12,23H2,1-2H3,(H,24,25,28)/t13-,14+,15+. The molecule has 29 heavy (non-hydrogen) atoms. The first-order valence-corrected chi connectivity index (χ1v) is 9.80. The van der Waals surface area contributed by atoms with Gasteiger partial charge in [0.1, 0.15) is 23.1 Å². The van der Waals surface area contributed by atoms with Crippen LogP contribution in [0, 0.1) is 17.7 Å². The topological polar surface area (TPSA) is 83.7 Å². The number of likely N-dealkylation sites (tertiary alicyclic amines) is 1. The number of aromatic nitrogens is 1. The second kappa shape index (κ2) is 7.87. The number of anilines is 2. The Morgan fingerprint density at radius 1 is 1.24 bits per heavy atom. The zero-order valence-corrected chi connectivity index (χ0v) is 16.6. The van der Waals surface area contributed by atoms with E-state index in [4.69, 9.17) is 10.5 Å². The highest BCUT2D eigenvalue weighted by Crippen LogP contribution is 2.39. The summed E-state index contributed by atoms with van der Waals surface area (Å²) in [5, 5.41) is 2.83. The van der Waals surface area contributed by atoms with Gasteiger partial charge in [0, 0.05) is 44.5 Å². The van der Waals surface area contributed by atoms with Crippen molar-refractivity contribution < 1.29 is 13.9 Å². The Hall–Kier alpha value is -2.87. The van der Waals surface area contributed by atoms with Crippen molar-refractivity contribution in [3.63, 3.8) is 0 Å². The van der Waals surface area contributed by atoms with Gasteiger partial charge in [0.15, 0.2) is 0 Å². The van der Waals surface area contributed by atoms with Crippen molar-refractivity contribution >= 4 is 17.5 Å². The number of urea groups is 1. The predicted octanol–water partition coefficient (Wildman–Crippen LogP) is 3.40. The second-order valence-corrected chi connectivity index (χ2v) is 8.07. The molecule has 2 aromatic rings. The lowest BCUT2D eigenvalue weighted by molar-refractivity contribution is 0.199. The number of fused-ring (bicyclic) bond motifs is 1. The molecule has 7 nitrogen and oxygen atoms in total. The monoisotopic (exact) mass is 399 g/mol. The maximum Gasteiger partial charge on any atom is 0.323 e. The Morgan fingerprint density at radius 3 is 2.62 bits per heavy atom. The van der Waals surface area contributed by atoms with E-state index in [-0.39, 0.29) is 17.8 Å². The van der Waals surface area contributed by atoms with Crippen molar-refractivity contribution in [1.82, 2.24) is 14.8 Å². The molecule has 0 bridgehead atoms. The summed E-state index contributed by atoms with van der Waals surface area (Å²) in [5.41, 5.74) is 5.54. The summed E-state index contributed by atoms with van der Waals surface area (Å²) in [4.78, 5) is 21.0. The van der Waals surface area contributed by atoms with Crippen LogP contribution < -0.4 is 15.8 Å². The first-order valence-electron chi connectivity index (χ1n) is 9.80. The van der Waals surface area contributed by atoms with E-state index in [1.165, 1.54) is 18.3 Å². The van der Waals surface area contributed by atoms with E-state index in [0.717, 1.165) is 25.9 Å². The molecule has 154 valence electrons. The average molecular weight is 399 g/mol. The molecule has 0 unspecified atom stereocenters. The fraction of sp³-hybridized carbons (Fsp3) is 0.429. The van der Waals surface area contributed by atoms with E-state index < -0.39 is 5.82 Å². The van der Waals surface area contributed by atoms with Crippen LogP contribution >= 0.6 is 0 Å². The molecular weight excluding hydrogens is 373 g/mol. The number of rotatable bonds is 4. The number of hydrogen-bond acceptors (Lipinski definition) is 5. The van der Waals surface area contributed by atoms with E-state index >= 15 is 0 Å². The molecule has 0 spiro atoms. The fourth-order valence-corrected chi connectivity index (χ4v) is 4.43. The number of halogens is 1. The molecular formula is C21H26FN5O2. The predicted molar refractivity (Wildman–Crippen MR) is 109 cm³/mol. The first-order chi connectivity index (χ1) is 13.9. The van der Waals surface area contributed by atoms with Crippen LogP contribution in [-0.2, 0) is 0 Å². The van der Waals surface area contributed by atoms with Gasteiger partial charge in [-0.2, -0.15) is 0 Å². The number of nitrogens with two attached hydrogens (primary N) is 1. The third-order valence-corrected chi connectivity index (χ3v) is 5.95. The number of amides is 2. The highest BCUT2D eigenvalue weighted by Gasteiger charge is 2.41. The van der Waals surface area contributed by atoms with Gasteiger partial charge in [0.2, 0.25) is 0 Å². The summed E-state index contributed by atoms with van der Waals surface area (Å²) in [6, 6.07) is 7.55. The first kappa shape index (κ1) is 19.4. The Balaban J connectivity index is 1.37. The SMILES string of the molecule is CN1C[C@H]2C[C@H](N(C)C(=O)Nc3cc(Oc4ccc(N)c(F)c4)ccn3)C[C@H]2C1. The van der Waals surface area contributed by atoms with E-state index in [2.05, 4.69) is 22.2 Å². The zero-order chi connectivity index (χ0) is 20.5. The van der Waals surface area contributed by atoms with Crippen LogP contribution in [-0.4, -0.2) is 54.0 Å². The summed E-state index contributed by atoms with van der Waals surface area (Å²) < 4.78 is 19.2. The van der Waals surface area contributed by atoms with E-state index in [1.807, 2.05) is 7.05 Å². The largest absolute Gasteiger partial charge is 0.457 e. The number of carbonyl (C=O) groups excluding carboxylic acids is 1. The Morgan fingerprint density at radius 2 is 1.93 bits per heavy atom. The number of ether oxygens (including phenoxy) is 1. The zero-order valence-electron chi connectivity index (χ0n) is 16.6. The van der Waals surface area contributed by atoms with Crippen molar-refractivity contribution in [3.8, 4) is 11.5 Å². The van der Waals surface area contributed by atoms with Crippen molar-refractivity contribution in [1.29, 1.82) is 0 Å². The quantitative estimate of drug-likeness (QED) is 0.770. The molecule has 2 heterocycles. The summed E-state index contributed by atoms with van der Waals surface area (Å²) in [7, 11) is 3.99. The molecule has 1 saturated carbocycles. The lowest BCUT2D eigenvalue weighted by Crippen LogP contribution is -2.39. The normalized spacial score (nSPS) is 23.6. The van der Waals surface area contributed by atoms with Crippen molar-refractivity contribution in [2.45, 2.75) is 18.9 Å². The van der Waals surface area contributed by atoms with Gasteiger partial charge in [-0.3, -0.25) is 5.32 Å². The molecule has 1 aliphatic heterocycles. The number of nitrogens with zero attached hydrogens (tertiary/aromatic N) is 3. The molecule has 3 atom stereocenters. The van der Waals surface area contributed by atoms with E-state index in [9.17, 15) is 9.18 Å². The number of hydrogen-bond donors (Lipinski definition) is 2. The van der Waals surface area contributed by atoms with Gasteiger partial charge in [-0.15, -0.1) is 0 Å². The van der Waals surface area contributed by atoms with Crippen molar-refractivity contribution in [2.75, 3.05) is 38.2 Å². The molecule has 8 heteroatoms. The second-order valence-electron chi connectivity index (χ2n) is 8.07. The van der Waals surface area contributed by atoms with Crippen LogP contribution in [0.25, 0.3) is 0 Å². The van der Waals surface area contributed by atoms with Gasteiger partial charge >= 0.3 is 6.03 Å². The van der Waals surface area contributed by atoms with Gasteiger partial charge in [0.25, 0.3) is 0 Å². The van der Waals surface area contributed by atoms with Crippen molar-refractivity contribution in [3.05, 3.63) is 42.3 Å². The van der Waals surface area contributed by atoms with E-state index in [0.29, 0.717) is 29.2 Å². The molecule has 1 aromatic heterocycles. The Bertz CT molecular complexity index is 894. The lowest BCUT2D eigenvalue weighted by atomic mass is 10.0. The molecule has 2 amide bonds. The maximum atomic E-state index is 13.6. The summed E-state index contributed by atoms with van der Waals surface area (Å²) in [5.74, 6) is 1.96. The van der Waals surface area contributed by atoms with Crippen molar-refractivity contribution in [2.24, 2.45) is 11.8 Å². The Kier molecular flexibility index (Phi) is 5.27. The number of benzene rings is 1. The molecule has 1 aliphatic carbocycles. The summed E-state index contributed by atoms with van der Waals surface area (Å²) in [6.07, 6.45) is 3.62. The molecule has 1 saturated heterocycles. The molecule has 3 N–H and O–H groups in total. The Labute approximate surface area is 169 Å². The molecule has 4 rings (SSSR count). The van der Waals surface area contributed by atoms with Crippen LogP contribution in [0.3, 0.4) is 0 Å². The number of pyridine rings is 1. The third kappa shape index (κ3) is 4.27. The molecule has 2 aliphatic rings. The number of nitrogens with one attached hydrogen (secondary N) is 1. The number of carbonyl (C=O) groups is 1. The lowest BCUT2D eigenvalue weighted by Gasteiger charge is -2.26. The minimum absolute atomic E-state index is 0.0609. The molecule has 0 radical (unpaired) electrons. The van der Waals surface area contributed by atoms with E-state index in [1.54, 1.807) is 23.1 Å². The smallest absolute Gasteiger partial charge is 0.323 e. The third-order valence-electron chi connectivity index (χ3n) is 5.95. The highest BCUT2D eigenvalue weighted by molar-refractivity contribution is 5.88. The molecule has 2 fully saturated rings. The number of nitrogen functional groups attached to an aromatic ring is 1. The minimum Gasteiger partial charge on any atom is -0.457 e. The summed E-state index contributed by atoms with van der Waals surface area (Å²) in [6.45, 7) is 2.23. The maximum absolute atomic E-state index is 13.6. The van der Waals surface area contributed by atoms with Crippen LogP contribution in [0.15, 0.2) is 36.5 Å². The minimum atomic E-state index is -0.542. The van der Waals surface area contributed by atoms with Gasteiger partial charge in [-0.05, 0) is 49.9 Å². The van der Waals surface area contributed by atoms with Crippen LogP contribution in [0.5, 0.6) is 11.5 Å². The highest BCUT2D eigenvalue weighted by atomic mass is 19.1. The fourth-order valence-electron chi connectivity index (χ4n) is 4.43.